The first-order valence-electron chi connectivity index (χ1n) is 15.4. The molecule has 0 radical (unpaired) electrons. The average molecular weight is 516 g/mol. The van der Waals surface area contributed by atoms with Gasteiger partial charge in [0.2, 0.25) is 5.91 Å². The molecule has 0 aliphatic rings. The highest BCUT2D eigenvalue weighted by Crippen LogP contribution is 2.15. The largest absolute Gasteiger partial charge is 0.394 e. The summed E-state index contributed by atoms with van der Waals surface area (Å²) >= 11 is 0. The summed E-state index contributed by atoms with van der Waals surface area (Å²) in [4.78, 5) is 12.2. The summed E-state index contributed by atoms with van der Waals surface area (Å²) in [5.41, 5.74) is 0. The molecule has 0 saturated carbocycles. The summed E-state index contributed by atoms with van der Waals surface area (Å²) in [6.07, 6.45) is 22.3. The van der Waals surface area contributed by atoms with Crippen LogP contribution in [-0.4, -0.2) is 57.3 Å². The fraction of sp³-hybridized carbons (Fsp3) is 0.967. The number of carbonyl (C=O) groups excluding carboxylic acids is 1. The van der Waals surface area contributed by atoms with Crippen LogP contribution in [0, 0.1) is 0 Å². The predicted octanol–water partition coefficient (Wildman–Crippen LogP) is 6.17. The zero-order valence-corrected chi connectivity index (χ0v) is 23.8. The van der Waals surface area contributed by atoms with Crippen molar-refractivity contribution in [2.45, 2.75) is 179 Å². The molecule has 0 aromatic heterocycles. The van der Waals surface area contributed by atoms with Crippen LogP contribution in [0.5, 0.6) is 0 Å². The summed E-state index contributed by atoms with van der Waals surface area (Å²) in [6.45, 7) is 3.77. The second-order valence-corrected chi connectivity index (χ2v) is 10.8. The normalized spacial score (nSPS) is 14.9. The van der Waals surface area contributed by atoms with E-state index in [1.807, 2.05) is 6.92 Å². The van der Waals surface area contributed by atoms with Crippen LogP contribution in [0.4, 0.5) is 0 Å². The second-order valence-electron chi connectivity index (χ2n) is 10.8. The second kappa shape index (κ2) is 25.9. The molecule has 4 atom stereocenters. The lowest BCUT2D eigenvalue weighted by Crippen LogP contribution is -2.53. The molecule has 6 heteroatoms. The van der Waals surface area contributed by atoms with Gasteiger partial charge in [0.1, 0.15) is 12.2 Å². The third kappa shape index (κ3) is 20.4. The van der Waals surface area contributed by atoms with Crippen LogP contribution in [0.15, 0.2) is 0 Å². The highest BCUT2D eigenvalue weighted by atomic mass is 16.3. The molecule has 0 aliphatic carbocycles. The monoisotopic (exact) mass is 515 g/mol. The molecule has 6 nitrogen and oxygen atoms in total. The first-order chi connectivity index (χ1) is 17.5. The number of nitrogens with one attached hydrogen (secondary N) is 1. The molecule has 0 bridgehead atoms. The van der Waals surface area contributed by atoms with E-state index < -0.39 is 36.9 Å². The van der Waals surface area contributed by atoms with E-state index in [9.17, 15) is 25.2 Å². The van der Waals surface area contributed by atoms with Crippen molar-refractivity contribution in [3.8, 4) is 0 Å². The Bertz CT molecular complexity index is 476. The number of aliphatic hydroxyl groups is 4. The molecule has 0 heterocycles. The Morgan fingerprint density at radius 3 is 1.36 bits per heavy atom. The van der Waals surface area contributed by atoms with E-state index >= 15 is 0 Å². The maximum Gasteiger partial charge on any atom is 0.249 e. The third-order valence-electron chi connectivity index (χ3n) is 7.32. The van der Waals surface area contributed by atoms with Crippen LogP contribution in [0.2, 0.25) is 0 Å². The number of unbranched alkanes of at least 4 members (excludes halogenated alkanes) is 18. The number of hydrogen-bond donors (Lipinski definition) is 5. The quantitative estimate of drug-likeness (QED) is 0.0841. The van der Waals surface area contributed by atoms with Gasteiger partial charge < -0.3 is 25.7 Å². The van der Waals surface area contributed by atoms with Crippen LogP contribution >= 0.6 is 0 Å². The zero-order chi connectivity index (χ0) is 26.9. The summed E-state index contributed by atoms with van der Waals surface area (Å²) in [5, 5.41) is 42.2. The molecule has 0 fully saturated rings. The topological polar surface area (TPSA) is 110 Å². The number of amides is 1. The Balaban J connectivity index is 3.60. The molecular formula is C30H61NO5. The minimum atomic E-state index is -1.25. The van der Waals surface area contributed by atoms with Crippen LogP contribution in [0.25, 0.3) is 0 Å². The molecule has 0 aromatic rings. The van der Waals surface area contributed by atoms with Crippen LogP contribution < -0.4 is 5.32 Å². The van der Waals surface area contributed by atoms with Gasteiger partial charge in [-0.2, -0.15) is 0 Å². The number of carbonyl (C=O) groups is 1. The Kier molecular flexibility index (Phi) is 25.4. The van der Waals surface area contributed by atoms with Gasteiger partial charge >= 0.3 is 0 Å². The standard InChI is InChI=1S/C30H61NO5/c1-3-5-7-8-9-10-11-12-13-14-15-16-17-18-19-20-21-22-24-28(34)30(36)31-26(25-32)29(35)27(33)23-6-4-2/h26-29,32-35H,3-25H2,1-2H3,(H,31,36). The van der Waals surface area contributed by atoms with Gasteiger partial charge in [-0.25, -0.2) is 0 Å². The fourth-order valence-electron chi connectivity index (χ4n) is 4.74. The van der Waals surface area contributed by atoms with Crippen molar-refractivity contribution in [3.05, 3.63) is 0 Å². The molecule has 0 aromatic carbocycles. The van der Waals surface area contributed by atoms with Gasteiger partial charge in [0.25, 0.3) is 0 Å². The van der Waals surface area contributed by atoms with Crippen molar-refractivity contribution in [1.29, 1.82) is 0 Å². The van der Waals surface area contributed by atoms with E-state index in [4.69, 9.17) is 0 Å². The van der Waals surface area contributed by atoms with E-state index in [-0.39, 0.29) is 0 Å². The third-order valence-corrected chi connectivity index (χ3v) is 7.32. The first kappa shape index (κ1) is 35.3. The van der Waals surface area contributed by atoms with Gasteiger partial charge in [-0.1, -0.05) is 142 Å². The van der Waals surface area contributed by atoms with Gasteiger partial charge in [0.05, 0.1) is 18.8 Å². The average Bonchev–Trinajstić information content (AvgIpc) is 2.88. The van der Waals surface area contributed by atoms with Crippen molar-refractivity contribution in [2.24, 2.45) is 0 Å². The van der Waals surface area contributed by atoms with Crippen molar-refractivity contribution in [1.82, 2.24) is 5.32 Å². The molecule has 36 heavy (non-hydrogen) atoms. The molecule has 0 rings (SSSR count). The molecule has 4 unspecified atom stereocenters. The molecular weight excluding hydrogens is 454 g/mol. The molecule has 0 aliphatic heterocycles. The van der Waals surface area contributed by atoms with Crippen LogP contribution in [0.3, 0.4) is 0 Å². The van der Waals surface area contributed by atoms with Crippen molar-refractivity contribution < 1.29 is 25.2 Å². The molecule has 1 amide bonds. The fourth-order valence-corrected chi connectivity index (χ4v) is 4.74. The van der Waals surface area contributed by atoms with Crippen molar-refractivity contribution >= 4 is 5.91 Å². The summed E-state index contributed by atoms with van der Waals surface area (Å²) < 4.78 is 0. The number of hydrogen-bond acceptors (Lipinski definition) is 5. The van der Waals surface area contributed by atoms with Crippen molar-refractivity contribution in [2.75, 3.05) is 6.61 Å². The van der Waals surface area contributed by atoms with Gasteiger partial charge in [-0.05, 0) is 12.8 Å². The Morgan fingerprint density at radius 2 is 0.972 bits per heavy atom. The molecule has 0 spiro atoms. The van der Waals surface area contributed by atoms with E-state index in [1.54, 1.807) is 0 Å². The molecule has 0 saturated heterocycles. The SMILES string of the molecule is CCCCCCCCCCCCCCCCCCCCC(O)C(=O)NC(CO)C(O)C(O)CCCC. The molecule has 216 valence electrons. The van der Waals surface area contributed by atoms with Gasteiger partial charge in [-0.15, -0.1) is 0 Å². The predicted molar refractivity (Wildman–Crippen MR) is 150 cm³/mol. The van der Waals surface area contributed by atoms with Crippen LogP contribution in [0.1, 0.15) is 155 Å². The summed E-state index contributed by atoms with van der Waals surface area (Å²) in [7, 11) is 0. The van der Waals surface area contributed by atoms with Crippen molar-refractivity contribution in [3.63, 3.8) is 0 Å². The lowest BCUT2D eigenvalue weighted by atomic mass is 10.0. The summed E-state index contributed by atoms with van der Waals surface area (Å²) in [6, 6.07) is -0.973. The highest BCUT2D eigenvalue weighted by Gasteiger charge is 2.28. The minimum Gasteiger partial charge on any atom is -0.394 e. The summed E-state index contributed by atoms with van der Waals surface area (Å²) in [5.74, 6) is -0.595. The van der Waals surface area contributed by atoms with E-state index in [1.165, 1.54) is 96.3 Å². The molecule has 5 N–H and O–H groups in total. The lowest BCUT2D eigenvalue weighted by molar-refractivity contribution is -0.132. The Labute approximate surface area is 222 Å². The van der Waals surface area contributed by atoms with E-state index in [2.05, 4.69) is 12.2 Å². The first-order valence-corrected chi connectivity index (χ1v) is 15.4. The minimum absolute atomic E-state index is 0.372. The number of aliphatic hydroxyl groups excluding tert-OH is 4. The highest BCUT2D eigenvalue weighted by molar-refractivity contribution is 5.80. The van der Waals surface area contributed by atoms with Crippen LogP contribution in [-0.2, 0) is 4.79 Å². The number of rotatable bonds is 27. The van der Waals surface area contributed by atoms with Gasteiger partial charge in [-0.3, -0.25) is 4.79 Å². The van der Waals surface area contributed by atoms with E-state index in [0.29, 0.717) is 12.8 Å². The Hall–Kier alpha value is -0.690. The van der Waals surface area contributed by atoms with Gasteiger partial charge in [0.15, 0.2) is 0 Å². The van der Waals surface area contributed by atoms with E-state index in [0.717, 1.165) is 32.1 Å². The zero-order valence-electron chi connectivity index (χ0n) is 23.8. The maximum absolute atomic E-state index is 12.2. The van der Waals surface area contributed by atoms with Gasteiger partial charge in [0, 0.05) is 0 Å². The lowest BCUT2D eigenvalue weighted by Gasteiger charge is -2.27. The maximum atomic E-state index is 12.2. The Morgan fingerprint density at radius 1 is 0.583 bits per heavy atom. The smallest absolute Gasteiger partial charge is 0.249 e.